The lowest BCUT2D eigenvalue weighted by atomic mass is 10.1. The van der Waals surface area contributed by atoms with Gasteiger partial charge in [-0.25, -0.2) is 4.98 Å². The number of carbonyl (C=O) groups excluding carboxylic acids is 1. The molecule has 6 heteroatoms. The SMILES string of the molecule is Cc1cc(N2CCCC2)nc(N2CCN(C(=O)C3CCCC3)CC2)n1. The van der Waals surface area contributed by atoms with Gasteiger partial charge in [0.1, 0.15) is 5.82 Å². The molecule has 1 saturated carbocycles. The maximum Gasteiger partial charge on any atom is 0.227 e. The average Bonchev–Trinajstić information content (AvgIpc) is 3.34. The summed E-state index contributed by atoms with van der Waals surface area (Å²) in [4.78, 5) is 28.7. The second-order valence-corrected chi connectivity index (χ2v) is 7.66. The predicted molar refractivity (Wildman–Crippen MR) is 99.0 cm³/mol. The molecule has 2 saturated heterocycles. The first kappa shape index (κ1) is 16.6. The van der Waals surface area contributed by atoms with Gasteiger partial charge in [0.2, 0.25) is 11.9 Å². The van der Waals surface area contributed by atoms with Crippen LogP contribution in [0.4, 0.5) is 11.8 Å². The average molecular weight is 343 g/mol. The minimum absolute atomic E-state index is 0.281. The molecule has 3 aliphatic rings. The van der Waals surface area contributed by atoms with E-state index in [1.54, 1.807) is 0 Å². The number of rotatable bonds is 3. The zero-order valence-corrected chi connectivity index (χ0v) is 15.3. The van der Waals surface area contributed by atoms with Crippen LogP contribution in [-0.2, 0) is 4.79 Å². The Kier molecular flexibility index (Phi) is 4.77. The van der Waals surface area contributed by atoms with E-state index in [2.05, 4.69) is 25.8 Å². The molecule has 0 unspecified atom stereocenters. The Morgan fingerprint density at radius 2 is 1.60 bits per heavy atom. The van der Waals surface area contributed by atoms with Gasteiger partial charge in [0.25, 0.3) is 0 Å². The predicted octanol–water partition coefficient (Wildman–Crippen LogP) is 2.22. The molecule has 1 amide bonds. The summed E-state index contributed by atoms with van der Waals surface area (Å²) in [6.45, 7) is 7.50. The van der Waals surface area contributed by atoms with E-state index >= 15 is 0 Å². The Morgan fingerprint density at radius 1 is 0.920 bits per heavy atom. The van der Waals surface area contributed by atoms with E-state index in [1.807, 2.05) is 6.92 Å². The fourth-order valence-corrected chi connectivity index (χ4v) is 4.34. The molecule has 0 atom stereocenters. The smallest absolute Gasteiger partial charge is 0.227 e. The molecule has 3 heterocycles. The second kappa shape index (κ2) is 7.18. The van der Waals surface area contributed by atoms with Crippen molar-refractivity contribution < 1.29 is 4.79 Å². The number of amides is 1. The van der Waals surface area contributed by atoms with Crippen LogP contribution in [0.25, 0.3) is 0 Å². The molecule has 0 aromatic carbocycles. The normalized spacial score (nSPS) is 22.0. The maximum absolute atomic E-state index is 12.6. The summed E-state index contributed by atoms with van der Waals surface area (Å²) in [7, 11) is 0. The van der Waals surface area contributed by atoms with Gasteiger partial charge in [0.05, 0.1) is 0 Å². The van der Waals surface area contributed by atoms with E-state index in [4.69, 9.17) is 4.98 Å². The van der Waals surface area contributed by atoms with Gasteiger partial charge in [-0.2, -0.15) is 4.98 Å². The summed E-state index contributed by atoms with van der Waals surface area (Å²) >= 11 is 0. The van der Waals surface area contributed by atoms with Gasteiger partial charge in [0.15, 0.2) is 0 Å². The van der Waals surface area contributed by atoms with Gasteiger partial charge in [-0.15, -0.1) is 0 Å². The molecule has 1 aliphatic carbocycles. The fraction of sp³-hybridized carbons (Fsp3) is 0.737. The molecule has 0 radical (unpaired) electrons. The highest BCUT2D eigenvalue weighted by Gasteiger charge is 2.30. The number of hydrogen-bond acceptors (Lipinski definition) is 5. The lowest BCUT2D eigenvalue weighted by molar-refractivity contribution is -0.135. The zero-order valence-electron chi connectivity index (χ0n) is 15.3. The number of aromatic nitrogens is 2. The molecule has 0 bridgehead atoms. The summed E-state index contributed by atoms with van der Waals surface area (Å²) in [6, 6.07) is 2.09. The van der Waals surface area contributed by atoms with Gasteiger partial charge in [-0.3, -0.25) is 4.79 Å². The Hall–Kier alpha value is -1.85. The third-order valence-corrected chi connectivity index (χ3v) is 5.84. The minimum atomic E-state index is 0.281. The number of anilines is 2. The highest BCUT2D eigenvalue weighted by atomic mass is 16.2. The number of carbonyl (C=O) groups is 1. The molecule has 0 N–H and O–H groups in total. The van der Waals surface area contributed by atoms with Gasteiger partial charge in [-0.1, -0.05) is 12.8 Å². The highest BCUT2D eigenvalue weighted by Crippen LogP contribution is 2.27. The molecule has 0 spiro atoms. The van der Waals surface area contributed by atoms with Crippen molar-refractivity contribution in [1.29, 1.82) is 0 Å². The monoisotopic (exact) mass is 343 g/mol. The van der Waals surface area contributed by atoms with Crippen LogP contribution in [0.2, 0.25) is 0 Å². The zero-order chi connectivity index (χ0) is 17.2. The topological polar surface area (TPSA) is 52.6 Å². The molecular formula is C19H29N5O. The summed E-state index contributed by atoms with van der Waals surface area (Å²) in [5.41, 5.74) is 1.02. The summed E-state index contributed by atoms with van der Waals surface area (Å²) in [5.74, 6) is 2.54. The van der Waals surface area contributed by atoms with Crippen molar-refractivity contribution in [3.8, 4) is 0 Å². The standard InChI is InChI=1S/C19H29N5O/c1-15-14-17(22-8-4-5-9-22)21-19(20-15)24-12-10-23(11-13-24)18(25)16-6-2-3-7-16/h14,16H,2-13H2,1H3. The first-order valence-electron chi connectivity index (χ1n) is 9.85. The largest absolute Gasteiger partial charge is 0.356 e. The van der Waals surface area contributed by atoms with E-state index in [0.29, 0.717) is 5.91 Å². The highest BCUT2D eigenvalue weighted by molar-refractivity contribution is 5.79. The number of hydrogen-bond donors (Lipinski definition) is 0. The third-order valence-electron chi connectivity index (χ3n) is 5.84. The summed E-state index contributed by atoms with van der Waals surface area (Å²) in [5, 5.41) is 0. The van der Waals surface area contributed by atoms with Crippen LogP contribution in [-0.4, -0.2) is 60.0 Å². The van der Waals surface area contributed by atoms with E-state index in [9.17, 15) is 4.79 Å². The summed E-state index contributed by atoms with van der Waals surface area (Å²) < 4.78 is 0. The molecule has 6 nitrogen and oxygen atoms in total. The fourth-order valence-electron chi connectivity index (χ4n) is 4.34. The quantitative estimate of drug-likeness (QED) is 0.842. The number of nitrogens with zero attached hydrogens (tertiary/aromatic N) is 5. The van der Waals surface area contributed by atoms with E-state index in [0.717, 1.165) is 69.6 Å². The van der Waals surface area contributed by atoms with E-state index < -0.39 is 0 Å². The van der Waals surface area contributed by atoms with Crippen LogP contribution in [0, 0.1) is 12.8 Å². The second-order valence-electron chi connectivity index (χ2n) is 7.66. The molecule has 1 aromatic rings. The Balaban J connectivity index is 1.41. The number of aryl methyl sites for hydroxylation is 1. The first-order chi connectivity index (χ1) is 12.2. The van der Waals surface area contributed by atoms with Gasteiger partial charge < -0.3 is 14.7 Å². The van der Waals surface area contributed by atoms with Crippen molar-refractivity contribution in [1.82, 2.24) is 14.9 Å². The molecule has 136 valence electrons. The Morgan fingerprint density at radius 3 is 2.28 bits per heavy atom. The third kappa shape index (κ3) is 3.58. The molecule has 3 fully saturated rings. The Labute approximate surface area is 150 Å². The lowest BCUT2D eigenvalue weighted by Crippen LogP contribution is -2.50. The van der Waals surface area contributed by atoms with Crippen molar-refractivity contribution in [2.75, 3.05) is 49.1 Å². The minimum Gasteiger partial charge on any atom is -0.356 e. The van der Waals surface area contributed by atoms with Crippen LogP contribution in [0.5, 0.6) is 0 Å². The molecule has 1 aromatic heterocycles. The van der Waals surface area contributed by atoms with E-state index in [-0.39, 0.29) is 5.92 Å². The van der Waals surface area contributed by atoms with Gasteiger partial charge in [-0.05, 0) is 32.6 Å². The molecule has 4 rings (SSSR count). The maximum atomic E-state index is 12.6. The molecule has 2 aliphatic heterocycles. The first-order valence-corrected chi connectivity index (χ1v) is 9.85. The van der Waals surface area contributed by atoms with Crippen molar-refractivity contribution in [3.63, 3.8) is 0 Å². The lowest BCUT2D eigenvalue weighted by Gasteiger charge is -2.36. The van der Waals surface area contributed by atoms with Crippen molar-refractivity contribution >= 4 is 17.7 Å². The van der Waals surface area contributed by atoms with Crippen LogP contribution in [0.15, 0.2) is 6.07 Å². The van der Waals surface area contributed by atoms with Crippen molar-refractivity contribution in [2.45, 2.75) is 45.4 Å². The van der Waals surface area contributed by atoms with Crippen LogP contribution in [0.1, 0.15) is 44.2 Å². The number of piperazine rings is 1. The van der Waals surface area contributed by atoms with Crippen LogP contribution >= 0.6 is 0 Å². The molecule has 25 heavy (non-hydrogen) atoms. The summed E-state index contributed by atoms with van der Waals surface area (Å²) in [6.07, 6.45) is 7.10. The Bertz CT molecular complexity index is 614. The molecular weight excluding hydrogens is 314 g/mol. The van der Waals surface area contributed by atoms with Crippen molar-refractivity contribution in [3.05, 3.63) is 11.8 Å². The van der Waals surface area contributed by atoms with Crippen LogP contribution in [0.3, 0.4) is 0 Å². The van der Waals surface area contributed by atoms with E-state index in [1.165, 1.54) is 25.7 Å². The van der Waals surface area contributed by atoms with Crippen LogP contribution < -0.4 is 9.80 Å². The van der Waals surface area contributed by atoms with Gasteiger partial charge in [0, 0.05) is 56.9 Å². The van der Waals surface area contributed by atoms with Gasteiger partial charge >= 0.3 is 0 Å². The van der Waals surface area contributed by atoms with Crippen molar-refractivity contribution in [2.24, 2.45) is 5.92 Å².